The van der Waals surface area contributed by atoms with Crippen LogP contribution in [0.4, 0.5) is 11.4 Å². The first-order chi connectivity index (χ1) is 6.47. The number of rotatable bonds is 3. The Balaban J connectivity index is 2.39. The van der Waals surface area contributed by atoms with E-state index in [0.717, 1.165) is 24.3 Å². The summed E-state index contributed by atoms with van der Waals surface area (Å²) < 4.78 is 0. The monoisotopic (exact) mass is 192 g/mol. The van der Waals surface area contributed by atoms with Crippen molar-refractivity contribution in [2.24, 2.45) is 5.41 Å². The zero-order valence-electron chi connectivity index (χ0n) is 9.30. The lowest BCUT2D eigenvalue weighted by atomic mass is 9.92. The van der Waals surface area contributed by atoms with Crippen molar-refractivity contribution in [3.8, 4) is 0 Å². The maximum atomic E-state index is 5.68. The second kappa shape index (κ2) is 4.36. The molecule has 0 unspecified atom stereocenters. The lowest BCUT2D eigenvalue weighted by Crippen LogP contribution is -2.12. The van der Waals surface area contributed by atoms with Gasteiger partial charge in [0.15, 0.2) is 0 Å². The van der Waals surface area contributed by atoms with Crippen molar-refractivity contribution < 1.29 is 0 Å². The summed E-state index contributed by atoms with van der Waals surface area (Å²) in [6.07, 6.45) is 1.15. The number of hydrogen-bond acceptors (Lipinski definition) is 2. The van der Waals surface area contributed by atoms with Crippen LogP contribution in [0.2, 0.25) is 0 Å². The molecule has 2 nitrogen and oxygen atoms in total. The molecule has 1 aromatic carbocycles. The highest BCUT2D eigenvalue weighted by Gasteiger charge is 2.08. The standard InChI is InChI=1S/C12H20N2/c1-12(2,3)7-8-14-11-6-4-5-10(13)9-11/h4-6,9,14H,7-8,13H2,1-3H3. The van der Waals surface area contributed by atoms with Gasteiger partial charge in [-0.2, -0.15) is 0 Å². The highest BCUT2D eigenvalue weighted by molar-refractivity contribution is 5.53. The first-order valence-corrected chi connectivity index (χ1v) is 5.07. The summed E-state index contributed by atoms with van der Waals surface area (Å²) in [5.41, 5.74) is 7.98. The summed E-state index contributed by atoms with van der Waals surface area (Å²) >= 11 is 0. The van der Waals surface area contributed by atoms with Crippen molar-refractivity contribution in [1.29, 1.82) is 0 Å². The van der Waals surface area contributed by atoms with Crippen molar-refractivity contribution in [2.75, 3.05) is 17.6 Å². The predicted octanol–water partition coefficient (Wildman–Crippen LogP) is 3.12. The second-order valence-corrected chi connectivity index (χ2v) is 4.86. The Labute approximate surface area is 86.5 Å². The zero-order chi connectivity index (χ0) is 10.6. The van der Waals surface area contributed by atoms with Crippen molar-refractivity contribution in [1.82, 2.24) is 0 Å². The van der Waals surface area contributed by atoms with Gasteiger partial charge >= 0.3 is 0 Å². The first-order valence-electron chi connectivity index (χ1n) is 5.07. The fourth-order valence-electron chi connectivity index (χ4n) is 1.23. The normalized spacial score (nSPS) is 11.4. The Bertz CT molecular complexity index is 287. The fraction of sp³-hybridized carbons (Fsp3) is 0.500. The molecule has 0 amide bonds. The van der Waals surface area contributed by atoms with Crippen LogP contribution in [0.15, 0.2) is 24.3 Å². The highest BCUT2D eigenvalue weighted by Crippen LogP contribution is 2.19. The molecule has 0 fully saturated rings. The minimum Gasteiger partial charge on any atom is -0.399 e. The molecular formula is C12H20N2. The molecule has 0 aromatic heterocycles. The SMILES string of the molecule is CC(C)(C)CCNc1cccc(N)c1. The molecule has 1 aromatic rings. The number of nitrogen functional groups attached to an aromatic ring is 1. The molecule has 2 heteroatoms. The molecular weight excluding hydrogens is 172 g/mol. The molecule has 0 spiro atoms. The van der Waals surface area contributed by atoms with Gasteiger partial charge in [0.05, 0.1) is 0 Å². The third-order valence-electron chi connectivity index (χ3n) is 2.09. The molecule has 0 saturated heterocycles. The van der Waals surface area contributed by atoms with E-state index in [1.165, 1.54) is 0 Å². The smallest absolute Gasteiger partial charge is 0.0360 e. The summed E-state index contributed by atoms with van der Waals surface area (Å²) in [5.74, 6) is 0. The van der Waals surface area contributed by atoms with Gasteiger partial charge in [0.25, 0.3) is 0 Å². The van der Waals surface area contributed by atoms with Gasteiger partial charge in [0, 0.05) is 17.9 Å². The molecule has 0 aliphatic heterocycles. The minimum atomic E-state index is 0.382. The van der Waals surface area contributed by atoms with Gasteiger partial charge in [-0.05, 0) is 30.0 Å². The average molecular weight is 192 g/mol. The highest BCUT2D eigenvalue weighted by atomic mass is 14.9. The van der Waals surface area contributed by atoms with E-state index >= 15 is 0 Å². The lowest BCUT2D eigenvalue weighted by molar-refractivity contribution is 0.390. The molecule has 0 bridgehead atoms. The van der Waals surface area contributed by atoms with Crippen LogP contribution in [0.1, 0.15) is 27.2 Å². The van der Waals surface area contributed by atoms with Gasteiger partial charge in [-0.3, -0.25) is 0 Å². The number of anilines is 2. The topological polar surface area (TPSA) is 38.0 Å². The van der Waals surface area contributed by atoms with Gasteiger partial charge in [0.1, 0.15) is 0 Å². The Morgan fingerprint density at radius 1 is 1.29 bits per heavy atom. The van der Waals surface area contributed by atoms with Gasteiger partial charge in [-0.25, -0.2) is 0 Å². The maximum absolute atomic E-state index is 5.68. The molecule has 78 valence electrons. The molecule has 0 radical (unpaired) electrons. The Kier molecular flexibility index (Phi) is 3.39. The van der Waals surface area contributed by atoms with Crippen LogP contribution in [0.5, 0.6) is 0 Å². The van der Waals surface area contributed by atoms with Gasteiger partial charge < -0.3 is 11.1 Å². The Morgan fingerprint density at radius 3 is 2.57 bits per heavy atom. The lowest BCUT2D eigenvalue weighted by Gasteiger charge is -2.18. The summed E-state index contributed by atoms with van der Waals surface area (Å²) in [5, 5.41) is 3.36. The van der Waals surface area contributed by atoms with E-state index < -0.39 is 0 Å². The van der Waals surface area contributed by atoms with Crippen LogP contribution in [0.3, 0.4) is 0 Å². The third kappa shape index (κ3) is 4.17. The second-order valence-electron chi connectivity index (χ2n) is 4.86. The third-order valence-corrected chi connectivity index (χ3v) is 2.09. The van der Waals surface area contributed by atoms with E-state index in [9.17, 15) is 0 Å². The van der Waals surface area contributed by atoms with E-state index in [4.69, 9.17) is 5.73 Å². The number of benzene rings is 1. The largest absolute Gasteiger partial charge is 0.399 e. The molecule has 0 saturated carbocycles. The molecule has 1 rings (SSSR count). The quantitative estimate of drug-likeness (QED) is 0.722. The van der Waals surface area contributed by atoms with Gasteiger partial charge in [0.2, 0.25) is 0 Å². The van der Waals surface area contributed by atoms with Crippen LogP contribution in [-0.4, -0.2) is 6.54 Å². The van der Waals surface area contributed by atoms with Crippen LogP contribution in [0, 0.1) is 5.41 Å². The summed E-state index contributed by atoms with van der Waals surface area (Å²) in [6, 6.07) is 7.87. The van der Waals surface area contributed by atoms with Crippen molar-refractivity contribution in [3.63, 3.8) is 0 Å². The van der Waals surface area contributed by atoms with E-state index in [1.54, 1.807) is 0 Å². The zero-order valence-corrected chi connectivity index (χ0v) is 9.30. The van der Waals surface area contributed by atoms with Crippen molar-refractivity contribution in [2.45, 2.75) is 27.2 Å². The van der Waals surface area contributed by atoms with Crippen LogP contribution in [0.25, 0.3) is 0 Å². The average Bonchev–Trinajstić information content (AvgIpc) is 2.01. The van der Waals surface area contributed by atoms with E-state index in [-0.39, 0.29) is 0 Å². The fourth-order valence-corrected chi connectivity index (χ4v) is 1.23. The van der Waals surface area contributed by atoms with Crippen molar-refractivity contribution >= 4 is 11.4 Å². The molecule has 0 atom stereocenters. The van der Waals surface area contributed by atoms with E-state index in [0.29, 0.717) is 5.41 Å². The number of nitrogens with two attached hydrogens (primary N) is 1. The van der Waals surface area contributed by atoms with Crippen LogP contribution in [-0.2, 0) is 0 Å². The molecule has 3 N–H and O–H groups in total. The van der Waals surface area contributed by atoms with E-state index in [2.05, 4.69) is 26.1 Å². The first kappa shape index (κ1) is 10.9. The Morgan fingerprint density at radius 2 is 2.00 bits per heavy atom. The summed E-state index contributed by atoms with van der Waals surface area (Å²) in [4.78, 5) is 0. The van der Waals surface area contributed by atoms with Crippen LogP contribution < -0.4 is 11.1 Å². The molecule has 0 aliphatic rings. The van der Waals surface area contributed by atoms with E-state index in [1.807, 2.05) is 24.3 Å². The maximum Gasteiger partial charge on any atom is 0.0360 e. The van der Waals surface area contributed by atoms with Gasteiger partial charge in [-0.15, -0.1) is 0 Å². The molecule has 0 heterocycles. The summed E-state index contributed by atoms with van der Waals surface area (Å²) in [7, 11) is 0. The molecule has 0 aliphatic carbocycles. The molecule has 14 heavy (non-hydrogen) atoms. The predicted molar refractivity (Wildman–Crippen MR) is 63.4 cm³/mol. The number of nitrogens with one attached hydrogen (secondary N) is 1. The van der Waals surface area contributed by atoms with Crippen LogP contribution >= 0.6 is 0 Å². The Hall–Kier alpha value is -1.18. The van der Waals surface area contributed by atoms with Crippen molar-refractivity contribution in [3.05, 3.63) is 24.3 Å². The number of hydrogen-bond donors (Lipinski definition) is 2. The minimum absolute atomic E-state index is 0.382. The summed E-state index contributed by atoms with van der Waals surface area (Å²) in [6.45, 7) is 7.73. The van der Waals surface area contributed by atoms with Gasteiger partial charge in [-0.1, -0.05) is 26.8 Å².